The van der Waals surface area contributed by atoms with Crippen LogP contribution in [-0.4, -0.2) is 34.9 Å². The molecule has 0 unspecified atom stereocenters. The van der Waals surface area contributed by atoms with Gasteiger partial charge in [0.25, 0.3) is 5.89 Å². The number of rotatable bonds is 9. The Bertz CT molecular complexity index is 1280. The summed E-state index contributed by atoms with van der Waals surface area (Å²) in [6, 6.07) is 21.9. The van der Waals surface area contributed by atoms with Crippen LogP contribution < -0.4 is 5.32 Å². The van der Waals surface area contributed by atoms with Crippen LogP contribution in [0.1, 0.15) is 29.7 Å². The monoisotopic (exact) mass is 457 g/mol. The summed E-state index contributed by atoms with van der Waals surface area (Å²) >= 11 is 0. The summed E-state index contributed by atoms with van der Waals surface area (Å²) in [6.45, 7) is 4.39. The zero-order valence-corrected chi connectivity index (χ0v) is 19.4. The molecule has 0 amide bonds. The van der Waals surface area contributed by atoms with Crippen LogP contribution in [0, 0.1) is 6.92 Å². The van der Waals surface area contributed by atoms with Crippen molar-refractivity contribution >= 4 is 5.97 Å². The van der Waals surface area contributed by atoms with Gasteiger partial charge < -0.3 is 19.7 Å². The van der Waals surface area contributed by atoms with Crippen molar-refractivity contribution in [3.05, 3.63) is 83.4 Å². The fourth-order valence-corrected chi connectivity index (χ4v) is 3.88. The number of carboxylic acids is 1. The number of carboxylic acid groups (broad SMARTS) is 1. The predicted molar refractivity (Wildman–Crippen MR) is 130 cm³/mol. The number of carbonyl (C=O) groups is 1. The molecule has 7 heteroatoms. The van der Waals surface area contributed by atoms with Gasteiger partial charge in [-0.15, -0.1) is 0 Å². The number of aromatic nitrogens is 2. The molecule has 0 fully saturated rings. The first-order valence-corrected chi connectivity index (χ1v) is 11.0. The van der Waals surface area contributed by atoms with E-state index in [1.165, 1.54) is 11.1 Å². The molecule has 0 bridgehead atoms. The van der Waals surface area contributed by atoms with Gasteiger partial charge >= 0.3 is 5.97 Å². The third-order valence-corrected chi connectivity index (χ3v) is 5.74. The van der Waals surface area contributed by atoms with Crippen LogP contribution in [0.25, 0.3) is 34.0 Å². The highest BCUT2D eigenvalue weighted by molar-refractivity contribution is 5.74. The Morgan fingerprint density at radius 1 is 1.06 bits per heavy atom. The van der Waals surface area contributed by atoms with Crippen LogP contribution in [0.5, 0.6) is 0 Å². The summed E-state index contributed by atoms with van der Waals surface area (Å²) in [5, 5.41) is 15.9. The number of ether oxygens (including phenoxy) is 1. The lowest BCUT2D eigenvalue weighted by Crippen LogP contribution is -2.25. The normalized spacial score (nSPS) is 12.0. The van der Waals surface area contributed by atoms with Gasteiger partial charge in [0.05, 0.1) is 13.2 Å². The van der Waals surface area contributed by atoms with Crippen molar-refractivity contribution in [2.24, 2.45) is 0 Å². The Balaban J connectivity index is 1.57. The number of hydrogen-bond acceptors (Lipinski definition) is 6. The molecule has 1 aromatic heterocycles. The Labute approximate surface area is 198 Å². The summed E-state index contributed by atoms with van der Waals surface area (Å²) in [6.07, 6.45) is 0. The second-order valence-electron chi connectivity index (χ2n) is 8.16. The van der Waals surface area contributed by atoms with E-state index in [1.54, 1.807) is 7.11 Å². The predicted octanol–water partition coefficient (Wildman–Crippen LogP) is 5.26. The maximum atomic E-state index is 10.8. The smallest absolute Gasteiger partial charge is 0.317 e. The first-order chi connectivity index (χ1) is 16.5. The summed E-state index contributed by atoms with van der Waals surface area (Å²) < 4.78 is 11.0. The van der Waals surface area contributed by atoms with Gasteiger partial charge in [0, 0.05) is 24.3 Å². The topological polar surface area (TPSA) is 97.5 Å². The molecule has 0 saturated carbocycles. The second kappa shape index (κ2) is 10.4. The fourth-order valence-electron chi connectivity index (χ4n) is 3.88. The van der Waals surface area contributed by atoms with E-state index in [4.69, 9.17) is 14.4 Å². The van der Waals surface area contributed by atoms with Gasteiger partial charge in [-0.05, 0) is 53.8 Å². The average molecular weight is 458 g/mol. The molecule has 4 rings (SSSR count). The first-order valence-electron chi connectivity index (χ1n) is 11.0. The van der Waals surface area contributed by atoms with Crippen LogP contribution >= 0.6 is 0 Å². The summed E-state index contributed by atoms with van der Waals surface area (Å²) in [5.74, 6) is 0.0385. The second-order valence-corrected chi connectivity index (χ2v) is 8.16. The lowest BCUT2D eigenvalue weighted by Gasteiger charge is -2.12. The average Bonchev–Trinajstić information content (AvgIpc) is 3.34. The molecule has 0 radical (unpaired) electrons. The highest BCUT2D eigenvalue weighted by Crippen LogP contribution is 2.31. The summed E-state index contributed by atoms with van der Waals surface area (Å²) in [7, 11) is 1.68. The molecule has 0 aliphatic rings. The Morgan fingerprint density at radius 2 is 1.79 bits per heavy atom. The van der Waals surface area contributed by atoms with Crippen molar-refractivity contribution in [1.29, 1.82) is 0 Å². The van der Waals surface area contributed by atoms with Crippen LogP contribution in [-0.2, 0) is 16.1 Å². The van der Waals surface area contributed by atoms with Crippen molar-refractivity contribution in [2.45, 2.75) is 26.5 Å². The molecular weight excluding hydrogens is 430 g/mol. The van der Waals surface area contributed by atoms with Gasteiger partial charge in [0.2, 0.25) is 5.82 Å². The minimum absolute atomic E-state index is 0.0862. The summed E-state index contributed by atoms with van der Waals surface area (Å²) in [4.78, 5) is 15.4. The standard InChI is InChI=1S/C27H27N3O4/c1-17-6-4-5-7-23(17)24-13-12-21(14-22(24)16-33-3)27-29-26(30-34-27)20-10-8-19(9-11-20)18(2)28-15-25(31)32/h4-14,18,28H,15-16H2,1-3H3,(H,31,32)/t18-/m0/s1. The van der Waals surface area contributed by atoms with Crippen molar-refractivity contribution in [3.63, 3.8) is 0 Å². The number of hydrogen-bond donors (Lipinski definition) is 2. The number of aliphatic carboxylic acids is 1. The zero-order chi connectivity index (χ0) is 24.1. The molecule has 1 atom stereocenters. The van der Waals surface area contributed by atoms with Crippen molar-refractivity contribution in [1.82, 2.24) is 15.5 Å². The maximum absolute atomic E-state index is 10.8. The molecule has 174 valence electrons. The van der Waals surface area contributed by atoms with E-state index in [9.17, 15) is 4.79 Å². The molecule has 4 aromatic rings. The number of nitrogens with one attached hydrogen (secondary N) is 1. The molecule has 0 aliphatic heterocycles. The van der Waals surface area contributed by atoms with Crippen LogP contribution in [0.3, 0.4) is 0 Å². The molecule has 3 aromatic carbocycles. The highest BCUT2D eigenvalue weighted by Gasteiger charge is 2.15. The van der Waals surface area contributed by atoms with E-state index >= 15 is 0 Å². The third-order valence-electron chi connectivity index (χ3n) is 5.74. The van der Waals surface area contributed by atoms with E-state index in [1.807, 2.05) is 55.5 Å². The molecule has 0 spiro atoms. The molecule has 0 saturated heterocycles. The number of nitrogens with zero attached hydrogens (tertiary/aromatic N) is 2. The van der Waals surface area contributed by atoms with Gasteiger partial charge in [-0.1, -0.05) is 59.8 Å². The van der Waals surface area contributed by atoms with Crippen LogP contribution in [0.4, 0.5) is 0 Å². The molecule has 0 aliphatic carbocycles. The molecule has 7 nitrogen and oxygen atoms in total. The Hall–Kier alpha value is -3.81. The van der Waals surface area contributed by atoms with Crippen molar-refractivity contribution < 1.29 is 19.2 Å². The van der Waals surface area contributed by atoms with Gasteiger partial charge in [-0.25, -0.2) is 0 Å². The molecule has 34 heavy (non-hydrogen) atoms. The van der Waals surface area contributed by atoms with E-state index in [-0.39, 0.29) is 12.6 Å². The van der Waals surface area contributed by atoms with Gasteiger partial charge in [0.1, 0.15) is 0 Å². The quantitative estimate of drug-likeness (QED) is 0.354. The minimum atomic E-state index is -0.886. The number of benzene rings is 3. The van der Waals surface area contributed by atoms with Crippen LogP contribution in [0.2, 0.25) is 0 Å². The van der Waals surface area contributed by atoms with E-state index < -0.39 is 5.97 Å². The fraction of sp³-hybridized carbons (Fsp3) is 0.222. The zero-order valence-electron chi connectivity index (χ0n) is 19.4. The Kier molecular flexibility index (Phi) is 7.15. The van der Waals surface area contributed by atoms with Gasteiger partial charge in [0.15, 0.2) is 0 Å². The highest BCUT2D eigenvalue weighted by atomic mass is 16.5. The Morgan fingerprint density at radius 3 is 2.50 bits per heavy atom. The molecule has 1 heterocycles. The third kappa shape index (κ3) is 5.22. The maximum Gasteiger partial charge on any atom is 0.317 e. The summed E-state index contributed by atoms with van der Waals surface area (Å²) in [5.41, 5.74) is 7.14. The van der Waals surface area contributed by atoms with Crippen molar-refractivity contribution in [2.75, 3.05) is 13.7 Å². The van der Waals surface area contributed by atoms with E-state index in [0.717, 1.165) is 27.8 Å². The number of aryl methyl sites for hydroxylation is 1. The number of methoxy groups -OCH3 is 1. The van der Waals surface area contributed by atoms with E-state index in [0.29, 0.717) is 18.3 Å². The SMILES string of the molecule is COCc1cc(-c2nc(-c3ccc([C@H](C)NCC(=O)O)cc3)no2)ccc1-c1ccccc1C. The molecular formula is C27H27N3O4. The lowest BCUT2D eigenvalue weighted by molar-refractivity contribution is -0.136. The first kappa shape index (κ1) is 23.4. The van der Waals surface area contributed by atoms with E-state index in [2.05, 4.69) is 40.6 Å². The van der Waals surface area contributed by atoms with Gasteiger partial charge in [-0.2, -0.15) is 4.98 Å². The van der Waals surface area contributed by atoms with Crippen molar-refractivity contribution in [3.8, 4) is 34.0 Å². The minimum Gasteiger partial charge on any atom is -0.480 e. The molecule has 2 N–H and O–H groups in total. The van der Waals surface area contributed by atoms with Gasteiger partial charge in [-0.3, -0.25) is 4.79 Å². The van der Waals surface area contributed by atoms with Crippen LogP contribution in [0.15, 0.2) is 71.3 Å². The largest absolute Gasteiger partial charge is 0.480 e. The lowest BCUT2D eigenvalue weighted by atomic mass is 9.94.